The maximum atomic E-state index is 12.8. The van der Waals surface area contributed by atoms with Crippen LogP contribution < -0.4 is 5.32 Å². The number of rotatable bonds is 8. The van der Waals surface area contributed by atoms with Crippen molar-refractivity contribution in [3.8, 4) is 6.07 Å². The molecule has 1 aromatic heterocycles. The van der Waals surface area contributed by atoms with E-state index in [1.165, 1.54) is 6.20 Å². The number of hydrogen-bond donors (Lipinski definition) is 3. The number of nitrogens with one attached hydrogen (secondary N) is 2. The highest BCUT2D eigenvalue weighted by Gasteiger charge is 2.27. The van der Waals surface area contributed by atoms with Gasteiger partial charge in [0.1, 0.15) is 6.07 Å². The molecule has 0 fully saturated rings. The standard InChI is InChI=1S/C24H35N5O2/c1-7-8-19(29-22(30)21-26-15-18(14-25)28-21)20(27-16(2)13-24(5,6)31)17-9-11-23(3,4)12-10-17/h8-9,15-16,31H,7,10-13H2,1-6H3,(H,26,28)(H,29,30)/b19-8+,27-20-. The Bertz CT molecular complexity index is 923. The van der Waals surface area contributed by atoms with Crippen molar-refractivity contribution in [1.29, 1.82) is 5.26 Å². The predicted molar refractivity (Wildman–Crippen MR) is 123 cm³/mol. The first-order valence-corrected chi connectivity index (χ1v) is 10.9. The van der Waals surface area contributed by atoms with E-state index in [2.05, 4.69) is 35.2 Å². The van der Waals surface area contributed by atoms with Gasteiger partial charge in [0.2, 0.25) is 0 Å². The third kappa shape index (κ3) is 7.48. The van der Waals surface area contributed by atoms with Gasteiger partial charge in [0, 0.05) is 6.20 Å². The maximum Gasteiger partial charge on any atom is 0.291 e. The molecule has 0 aromatic carbocycles. The zero-order valence-corrected chi connectivity index (χ0v) is 19.5. The minimum absolute atomic E-state index is 0.0844. The third-order valence-corrected chi connectivity index (χ3v) is 5.24. The quantitative estimate of drug-likeness (QED) is 0.534. The molecular formula is C24H35N5O2. The van der Waals surface area contributed by atoms with Crippen LogP contribution >= 0.6 is 0 Å². The number of imidazole rings is 1. The van der Waals surface area contributed by atoms with E-state index in [9.17, 15) is 9.90 Å². The summed E-state index contributed by atoms with van der Waals surface area (Å²) in [5, 5.41) is 22.1. The highest BCUT2D eigenvalue weighted by atomic mass is 16.3. The Balaban J connectivity index is 2.40. The Morgan fingerprint density at radius 1 is 1.52 bits per heavy atom. The van der Waals surface area contributed by atoms with E-state index in [1.807, 2.05) is 26.0 Å². The fourth-order valence-electron chi connectivity index (χ4n) is 3.69. The molecule has 1 aliphatic rings. The van der Waals surface area contributed by atoms with E-state index in [0.29, 0.717) is 12.1 Å². The van der Waals surface area contributed by atoms with Crippen molar-refractivity contribution in [3.05, 3.63) is 41.1 Å². The minimum atomic E-state index is -0.837. The molecule has 1 heterocycles. The van der Waals surface area contributed by atoms with Gasteiger partial charge in [-0.1, -0.05) is 32.9 Å². The number of aromatic nitrogens is 2. The van der Waals surface area contributed by atoms with Gasteiger partial charge in [-0.25, -0.2) is 4.98 Å². The molecule has 7 nitrogen and oxygen atoms in total. The summed E-state index contributed by atoms with van der Waals surface area (Å²) in [7, 11) is 0. The number of aliphatic imine (C=N–C) groups is 1. The van der Waals surface area contributed by atoms with Crippen molar-refractivity contribution < 1.29 is 9.90 Å². The SMILES string of the molecule is CC/C=C(NC(=O)c1nc(C#N)c[nH]1)\C(=N/C(C)CC(C)(C)O)C1=CCC(C)(C)CC1. The van der Waals surface area contributed by atoms with Crippen LogP contribution in [-0.4, -0.2) is 38.3 Å². The average Bonchev–Trinajstić information content (AvgIpc) is 3.14. The van der Waals surface area contributed by atoms with Crippen molar-refractivity contribution in [1.82, 2.24) is 15.3 Å². The summed E-state index contributed by atoms with van der Waals surface area (Å²) in [5.74, 6) is -0.331. The van der Waals surface area contributed by atoms with E-state index < -0.39 is 11.5 Å². The Labute approximate surface area is 185 Å². The van der Waals surface area contributed by atoms with Crippen LogP contribution in [0.3, 0.4) is 0 Å². The monoisotopic (exact) mass is 425 g/mol. The predicted octanol–water partition coefficient (Wildman–Crippen LogP) is 4.43. The summed E-state index contributed by atoms with van der Waals surface area (Å²) < 4.78 is 0. The number of amides is 1. The summed E-state index contributed by atoms with van der Waals surface area (Å²) in [5.41, 5.74) is 2.07. The Kier molecular flexibility index (Phi) is 7.96. The Hall–Kier alpha value is -2.72. The molecule has 0 saturated carbocycles. The lowest BCUT2D eigenvalue weighted by molar-refractivity contribution is 0.0656. The van der Waals surface area contributed by atoms with Gasteiger partial charge in [0.15, 0.2) is 11.5 Å². The zero-order valence-electron chi connectivity index (χ0n) is 19.5. The summed E-state index contributed by atoms with van der Waals surface area (Å²) in [6.07, 6.45) is 9.65. The van der Waals surface area contributed by atoms with E-state index in [-0.39, 0.29) is 23.0 Å². The number of nitriles is 1. The topological polar surface area (TPSA) is 114 Å². The number of carbonyl (C=O) groups excluding carboxylic acids is 1. The molecule has 168 valence electrons. The van der Waals surface area contributed by atoms with E-state index >= 15 is 0 Å². The summed E-state index contributed by atoms with van der Waals surface area (Å²) in [4.78, 5) is 24.5. The number of hydrogen-bond acceptors (Lipinski definition) is 5. The molecule has 2 rings (SSSR count). The largest absolute Gasteiger partial charge is 0.390 e. The first kappa shape index (κ1) is 24.5. The van der Waals surface area contributed by atoms with Crippen LogP contribution in [-0.2, 0) is 0 Å². The highest BCUT2D eigenvalue weighted by molar-refractivity contribution is 6.14. The van der Waals surface area contributed by atoms with Gasteiger partial charge in [-0.2, -0.15) is 5.26 Å². The normalized spacial score (nSPS) is 18.2. The summed E-state index contributed by atoms with van der Waals surface area (Å²) >= 11 is 0. The second-order valence-corrected chi connectivity index (χ2v) is 9.67. The Morgan fingerprint density at radius 2 is 2.23 bits per heavy atom. The fraction of sp³-hybridized carbons (Fsp3) is 0.583. The zero-order chi connectivity index (χ0) is 23.2. The Morgan fingerprint density at radius 3 is 2.74 bits per heavy atom. The smallest absolute Gasteiger partial charge is 0.291 e. The van der Waals surface area contributed by atoms with Crippen molar-refractivity contribution in [2.75, 3.05) is 0 Å². The molecule has 1 aliphatic carbocycles. The van der Waals surface area contributed by atoms with Gasteiger partial charge in [-0.3, -0.25) is 9.79 Å². The van der Waals surface area contributed by atoms with Gasteiger partial charge in [0.25, 0.3) is 5.91 Å². The van der Waals surface area contributed by atoms with Gasteiger partial charge in [0.05, 0.1) is 23.1 Å². The molecule has 7 heteroatoms. The molecule has 31 heavy (non-hydrogen) atoms. The second kappa shape index (κ2) is 10.1. The molecule has 0 bridgehead atoms. The molecule has 1 aromatic rings. The lowest BCUT2D eigenvalue weighted by atomic mass is 9.77. The molecule has 1 amide bonds. The molecule has 1 atom stereocenters. The van der Waals surface area contributed by atoms with Crippen LogP contribution in [0.25, 0.3) is 0 Å². The maximum absolute atomic E-state index is 12.8. The van der Waals surface area contributed by atoms with Crippen molar-refractivity contribution in [2.45, 2.75) is 85.3 Å². The minimum Gasteiger partial charge on any atom is -0.390 e. The lowest BCUT2D eigenvalue weighted by Crippen LogP contribution is -2.32. The number of carbonyl (C=O) groups is 1. The average molecular weight is 426 g/mol. The third-order valence-electron chi connectivity index (χ3n) is 5.24. The van der Waals surface area contributed by atoms with Gasteiger partial charge in [-0.05, 0) is 63.9 Å². The highest BCUT2D eigenvalue weighted by Crippen LogP contribution is 2.35. The van der Waals surface area contributed by atoms with Crippen LogP contribution in [0.15, 0.2) is 34.6 Å². The summed E-state index contributed by atoms with van der Waals surface area (Å²) in [6, 6.07) is 1.79. The van der Waals surface area contributed by atoms with Crippen LogP contribution in [0.2, 0.25) is 0 Å². The van der Waals surface area contributed by atoms with E-state index in [1.54, 1.807) is 13.8 Å². The van der Waals surface area contributed by atoms with E-state index in [4.69, 9.17) is 10.3 Å². The molecule has 0 aliphatic heterocycles. The molecule has 0 saturated heterocycles. The van der Waals surface area contributed by atoms with Crippen molar-refractivity contribution in [3.63, 3.8) is 0 Å². The molecule has 0 spiro atoms. The lowest BCUT2D eigenvalue weighted by Gasteiger charge is -2.30. The van der Waals surface area contributed by atoms with Crippen molar-refractivity contribution in [2.24, 2.45) is 10.4 Å². The summed E-state index contributed by atoms with van der Waals surface area (Å²) in [6.45, 7) is 12.0. The van der Waals surface area contributed by atoms with Crippen LogP contribution in [0.4, 0.5) is 0 Å². The molecule has 3 N–H and O–H groups in total. The fourth-order valence-corrected chi connectivity index (χ4v) is 3.69. The number of aliphatic hydroxyl groups is 1. The van der Waals surface area contributed by atoms with Crippen molar-refractivity contribution >= 4 is 11.6 Å². The van der Waals surface area contributed by atoms with Gasteiger partial charge < -0.3 is 15.4 Å². The molecule has 1 unspecified atom stereocenters. The van der Waals surface area contributed by atoms with Crippen LogP contribution in [0.1, 0.15) is 90.0 Å². The second-order valence-electron chi connectivity index (χ2n) is 9.67. The number of nitrogens with zero attached hydrogens (tertiary/aromatic N) is 3. The van der Waals surface area contributed by atoms with Gasteiger partial charge in [-0.15, -0.1) is 0 Å². The number of H-pyrrole nitrogens is 1. The number of allylic oxidation sites excluding steroid dienone is 3. The molecular weight excluding hydrogens is 390 g/mol. The number of aromatic amines is 1. The van der Waals surface area contributed by atoms with E-state index in [0.717, 1.165) is 37.0 Å². The van der Waals surface area contributed by atoms with Gasteiger partial charge >= 0.3 is 0 Å². The molecule has 0 radical (unpaired) electrons. The van der Waals surface area contributed by atoms with Crippen LogP contribution in [0.5, 0.6) is 0 Å². The first-order chi connectivity index (χ1) is 14.4. The first-order valence-electron chi connectivity index (χ1n) is 10.9. The van der Waals surface area contributed by atoms with Crippen LogP contribution in [0, 0.1) is 16.7 Å².